The lowest BCUT2D eigenvalue weighted by Gasteiger charge is -2.13. The van der Waals surface area contributed by atoms with Crippen LogP contribution in [0.3, 0.4) is 0 Å². The summed E-state index contributed by atoms with van der Waals surface area (Å²) in [6.07, 6.45) is -3.46. The van der Waals surface area contributed by atoms with Gasteiger partial charge in [-0.3, -0.25) is 4.98 Å². The molecule has 3 rings (SSSR count). The summed E-state index contributed by atoms with van der Waals surface area (Å²) in [6, 6.07) is 14.5. The van der Waals surface area contributed by atoms with Gasteiger partial charge in [0.1, 0.15) is 11.4 Å². The highest BCUT2D eigenvalue weighted by atomic mass is 35.5. The second kappa shape index (κ2) is 6.17. The number of pyridine rings is 1. The van der Waals surface area contributed by atoms with Crippen LogP contribution in [0.25, 0.3) is 22.3 Å². The molecule has 0 aliphatic rings. The molecule has 0 saturated carbocycles. The van der Waals surface area contributed by atoms with E-state index in [1.165, 1.54) is 12.1 Å². The summed E-state index contributed by atoms with van der Waals surface area (Å²) in [5.74, 6) is -0.124. The van der Waals surface area contributed by atoms with E-state index in [0.29, 0.717) is 11.1 Å². The summed E-state index contributed by atoms with van der Waals surface area (Å²) in [6.45, 7) is 0. The number of phenolic OH excluding ortho intramolecular Hbond substituents is 1. The number of alkyl halides is 3. The second-order valence-electron chi connectivity index (χ2n) is 5.12. The van der Waals surface area contributed by atoms with Crippen molar-refractivity contribution in [3.8, 4) is 28.0 Å². The Labute approximate surface area is 141 Å². The number of aromatic hydroxyl groups is 1. The van der Waals surface area contributed by atoms with Crippen molar-refractivity contribution in [2.45, 2.75) is 6.18 Å². The molecule has 122 valence electrons. The molecule has 0 atom stereocenters. The van der Waals surface area contributed by atoms with Crippen LogP contribution in [0.2, 0.25) is 5.02 Å². The molecule has 1 aromatic heterocycles. The lowest BCUT2D eigenvalue weighted by molar-refractivity contribution is -0.141. The van der Waals surface area contributed by atoms with Crippen molar-refractivity contribution in [1.29, 1.82) is 0 Å². The number of nitrogens with zero attached hydrogens (tertiary/aromatic N) is 1. The Bertz CT molecular complexity index is 862. The summed E-state index contributed by atoms with van der Waals surface area (Å²) in [4.78, 5) is 3.42. The van der Waals surface area contributed by atoms with Crippen LogP contribution in [0, 0.1) is 0 Å². The molecule has 0 aliphatic carbocycles. The minimum absolute atomic E-state index is 0.124. The van der Waals surface area contributed by atoms with Crippen molar-refractivity contribution < 1.29 is 18.3 Å². The first-order valence-corrected chi connectivity index (χ1v) is 7.36. The van der Waals surface area contributed by atoms with Crippen molar-refractivity contribution in [3.63, 3.8) is 0 Å². The van der Waals surface area contributed by atoms with E-state index in [0.717, 1.165) is 17.8 Å². The molecular weight excluding hydrogens is 339 g/mol. The number of hydrogen-bond donors (Lipinski definition) is 1. The summed E-state index contributed by atoms with van der Waals surface area (Å²) in [5.41, 5.74) is 1.07. The van der Waals surface area contributed by atoms with Gasteiger partial charge in [-0.05, 0) is 23.8 Å². The van der Waals surface area contributed by atoms with Crippen LogP contribution in [-0.4, -0.2) is 10.1 Å². The van der Waals surface area contributed by atoms with Crippen molar-refractivity contribution in [1.82, 2.24) is 4.98 Å². The van der Waals surface area contributed by atoms with Gasteiger partial charge < -0.3 is 5.11 Å². The molecule has 24 heavy (non-hydrogen) atoms. The van der Waals surface area contributed by atoms with Gasteiger partial charge in [-0.1, -0.05) is 48.0 Å². The fourth-order valence-electron chi connectivity index (χ4n) is 2.39. The Hall–Kier alpha value is -2.53. The van der Waals surface area contributed by atoms with Crippen LogP contribution < -0.4 is 0 Å². The van der Waals surface area contributed by atoms with Crippen LogP contribution in [0.15, 0.2) is 60.8 Å². The highest BCUT2D eigenvalue weighted by molar-refractivity contribution is 6.36. The molecule has 6 heteroatoms. The smallest absolute Gasteiger partial charge is 0.433 e. The Morgan fingerprint density at radius 2 is 1.58 bits per heavy atom. The third kappa shape index (κ3) is 3.08. The zero-order chi connectivity index (χ0) is 17.3. The molecule has 3 aromatic rings. The van der Waals surface area contributed by atoms with E-state index in [4.69, 9.17) is 11.6 Å². The number of benzene rings is 2. The van der Waals surface area contributed by atoms with Gasteiger partial charge in [-0.15, -0.1) is 0 Å². The van der Waals surface area contributed by atoms with Gasteiger partial charge in [-0.2, -0.15) is 13.2 Å². The molecule has 2 nitrogen and oxygen atoms in total. The Morgan fingerprint density at radius 1 is 0.875 bits per heavy atom. The van der Waals surface area contributed by atoms with Gasteiger partial charge >= 0.3 is 6.18 Å². The molecular formula is C18H11ClF3NO. The fourth-order valence-corrected chi connectivity index (χ4v) is 2.77. The minimum Gasteiger partial charge on any atom is -0.507 e. The first-order valence-electron chi connectivity index (χ1n) is 6.98. The van der Waals surface area contributed by atoms with E-state index in [-0.39, 0.29) is 16.3 Å². The molecule has 0 fully saturated rings. The Kier molecular flexibility index (Phi) is 4.20. The van der Waals surface area contributed by atoms with Gasteiger partial charge in [-0.25, -0.2) is 0 Å². The predicted molar refractivity (Wildman–Crippen MR) is 86.8 cm³/mol. The maximum Gasteiger partial charge on any atom is 0.433 e. The number of phenols is 1. The van der Waals surface area contributed by atoms with Crippen LogP contribution in [0.4, 0.5) is 13.2 Å². The summed E-state index contributed by atoms with van der Waals surface area (Å²) in [5, 5.41) is 10.4. The van der Waals surface area contributed by atoms with E-state index in [9.17, 15) is 18.3 Å². The molecule has 2 aromatic carbocycles. The van der Waals surface area contributed by atoms with Crippen LogP contribution >= 0.6 is 11.6 Å². The molecule has 0 unspecified atom stereocenters. The second-order valence-corrected chi connectivity index (χ2v) is 5.50. The number of halogens is 4. The van der Waals surface area contributed by atoms with Gasteiger partial charge in [0.25, 0.3) is 0 Å². The highest BCUT2D eigenvalue weighted by Crippen LogP contribution is 2.42. The van der Waals surface area contributed by atoms with E-state index < -0.39 is 11.9 Å². The maximum absolute atomic E-state index is 12.6. The maximum atomic E-state index is 12.6. The number of aromatic nitrogens is 1. The largest absolute Gasteiger partial charge is 0.507 e. The zero-order valence-corrected chi connectivity index (χ0v) is 12.9. The Balaban J connectivity index is 2.11. The third-order valence-electron chi connectivity index (χ3n) is 3.55. The van der Waals surface area contributed by atoms with Crippen molar-refractivity contribution in [2.75, 3.05) is 0 Å². The molecule has 0 radical (unpaired) electrons. The van der Waals surface area contributed by atoms with Gasteiger partial charge in [0.15, 0.2) is 0 Å². The van der Waals surface area contributed by atoms with Crippen LogP contribution in [-0.2, 0) is 6.18 Å². The van der Waals surface area contributed by atoms with Crippen molar-refractivity contribution in [2.24, 2.45) is 0 Å². The molecule has 0 bridgehead atoms. The van der Waals surface area contributed by atoms with E-state index in [1.54, 1.807) is 6.07 Å². The first kappa shape index (κ1) is 16.3. The highest BCUT2D eigenvalue weighted by Gasteiger charge is 2.32. The van der Waals surface area contributed by atoms with E-state index >= 15 is 0 Å². The normalized spacial score (nSPS) is 11.5. The quantitative estimate of drug-likeness (QED) is 0.635. The predicted octanol–water partition coefficient (Wildman–Crippen LogP) is 5.79. The van der Waals surface area contributed by atoms with Crippen LogP contribution in [0.5, 0.6) is 5.75 Å². The standard InChI is InChI=1S/C18H11ClF3NO/c19-17-13(11-4-2-1-3-5-11)7-8-14(24)16(17)12-6-9-15(23-10-12)18(20,21)22/h1-10,24H. The number of hydrogen-bond acceptors (Lipinski definition) is 2. The summed E-state index contributed by atoms with van der Waals surface area (Å²) >= 11 is 6.40. The average Bonchev–Trinajstić information content (AvgIpc) is 2.55. The average molecular weight is 350 g/mol. The SMILES string of the molecule is Oc1ccc(-c2ccccc2)c(Cl)c1-c1ccc(C(F)(F)F)nc1. The monoisotopic (exact) mass is 349 g/mol. The lowest BCUT2D eigenvalue weighted by atomic mass is 9.98. The fraction of sp³-hybridized carbons (Fsp3) is 0.0556. The number of rotatable bonds is 2. The summed E-state index contributed by atoms with van der Waals surface area (Å²) in [7, 11) is 0. The molecule has 1 N–H and O–H groups in total. The molecule has 1 heterocycles. The molecule has 0 saturated heterocycles. The minimum atomic E-state index is -4.52. The summed E-state index contributed by atoms with van der Waals surface area (Å²) < 4.78 is 37.9. The molecule has 0 aliphatic heterocycles. The topological polar surface area (TPSA) is 33.1 Å². The lowest BCUT2D eigenvalue weighted by Crippen LogP contribution is -2.07. The molecule has 0 spiro atoms. The van der Waals surface area contributed by atoms with Crippen molar-refractivity contribution >= 4 is 11.6 Å². The van der Waals surface area contributed by atoms with Crippen molar-refractivity contribution in [3.05, 3.63) is 71.5 Å². The first-order chi connectivity index (χ1) is 11.4. The third-order valence-corrected chi connectivity index (χ3v) is 3.94. The zero-order valence-electron chi connectivity index (χ0n) is 12.2. The van der Waals surface area contributed by atoms with E-state index in [1.807, 2.05) is 30.3 Å². The van der Waals surface area contributed by atoms with Gasteiger partial charge in [0.2, 0.25) is 0 Å². The van der Waals surface area contributed by atoms with Gasteiger partial charge in [0.05, 0.1) is 5.02 Å². The van der Waals surface area contributed by atoms with Crippen LogP contribution in [0.1, 0.15) is 5.69 Å². The van der Waals surface area contributed by atoms with E-state index in [2.05, 4.69) is 4.98 Å². The Morgan fingerprint density at radius 3 is 2.17 bits per heavy atom. The van der Waals surface area contributed by atoms with Gasteiger partial charge in [0, 0.05) is 22.9 Å². The molecule has 0 amide bonds.